The van der Waals surface area contributed by atoms with Gasteiger partial charge in [0.25, 0.3) is 0 Å². The molecule has 0 bridgehead atoms. The zero-order valence-electron chi connectivity index (χ0n) is 15.0. The van der Waals surface area contributed by atoms with Crippen molar-refractivity contribution in [3.05, 3.63) is 59.4 Å². The highest BCUT2D eigenvalue weighted by Gasteiger charge is 2.28. The fraction of sp³-hybridized carbons (Fsp3) is 0.421. The van der Waals surface area contributed by atoms with Crippen LogP contribution in [0.2, 0.25) is 0 Å². The maximum absolute atomic E-state index is 12.0. The van der Waals surface area contributed by atoms with Crippen LogP contribution < -0.4 is 4.31 Å². The van der Waals surface area contributed by atoms with E-state index in [2.05, 4.69) is 29.9 Å². The predicted molar refractivity (Wildman–Crippen MR) is 101 cm³/mol. The van der Waals surface area contributed by atoms with Gasteiger partial charge >= 0.3 is 0 Å². The molecule has 0 saturated carbocycles. The molecule has 2 heterocycles. The van der Waals surface area contributed by atoms with E-state index in [9.17, 15) is 8.42 Å². The first kappa shape index (κ1) is 17.9. The quantitative estimate of drug-likeness (QED) is 0.823. The lowest BCUT2D eigenvalue weighted by molar-refractivity contribution is 0.253. The molecule has 1 saturated heterocycles. The third-order valence-electron chi connectivity index (χ3n) is 4.82. The molecular weight excluding hydrogens is 334 g/mol. The van der Waals surface area contributed by atoms with Crippen molar-refractivity contribution < 1.29 is 8.42 Å². The van der Waals surface area contributed by atoms with Crippen molar-refractivity contribution in [2.45, 2.75) is 32.9 Å². The van der Waals surface area contributed by atoms with Crippen LogP contribution in [-0.4, -0.2) is 37.6 Å². The van der Waals surface area contributed by atoms with Crippen LogP contribution in [0.15, 0.2) is 42.6 Å². The first-order valence-corrected chi connectivity index (χ1v) is 10.2. The molecule has 1 fully saturated rings. The van der Waals surface area contributed by atoms with E-state index in [1.165, 1.54) is 15.4 Å². The minimum Gasteiger partial charge on any atom is -0.295 e. The Morgan fingerprint density at radius 1 is 1.24 bits per heavy atom. The number of pyridine rings is 1. The van der Waals surface area contributed by atoms with Crippen LogP contribution in [0.5, 0.6) is 0 Å². The second-order valence-corrected chi connectivity index (χ2v) is 8.74. The van der Waals surface area contributed by atoms with E-state index in [4.69, 9.17) is 0 Å². The van der Waals surface area contributed by atoms with E-state index in [1.54, 1.807) is 0 Å². The third kappa shape index (κ3) is 4.02. The van der Waals surface area contributed by atoms with E-state index in [0.717, 1.165) is 17.9 Å². The second kappa shape index (κ2) is 7.14. The summed E-state index contributed by atoms with van der Waals surface area (Å²) in [5.74, 6) is 0.249. The highest BCUT2D eigenvalue weighted by atomic mass is 32.2. The number of aromatic nitrogens is 1. The van der Waals surface area contributed by atoms with Gasteiger partial charge in [-0.05, 0) is 62.7 Å². The Balaban J connectivity index is 1.71. The van der Waals surface area contributed by atoms with Gasteiger partial charge in [-0.15, -0.1) is 0 Å². The van der Waals surface area contributed by atoms with Gasteiger partial charge in [-0.3, -0.25) is 14.2 Å². The Hall–Kier alpha value is -1.92. The van der Waals surface area contributed by atoms with Crippen molar-refractivity contribution in [3.8, 4) is 0 Å². The van der Waals surface area contributed by atoms with Gasteiger partial charge in [-0.1, -0.05) is 12.1 Å². The van der Waals surface area contributed by atoms with E-state index in [0.29, 0.717) is 13.0 Å². The number of sulfonamides is 1. The average Bonchev–Trinajstić information content (AvgIpc) is 2.93. The molecular formula is C19H25N3O2S. The second-order valence-electron chi connectivity index (χ2n) is 6.73. The topological polar surface area (TPSA) is 53.5 Å². The van der Waals surface area contributed by atoms with Crippen LogP contribution >= 0.6 is 0 Å². The number of hydrogen-bond donors (Lipinski definition) is 0. The van der Waals surface area contributed by atoms with Crippen LogP contribution in [-0.2, 0) is 16.6 Å². The molecule has 6 heteroatoms. The molecule has 3 rings (SSSR count). The van der Waals surface area contributed by atoms with Crippen molar-refractivity contribution in [2.24, 2.45) is 0 Å². The average molecular weight is 359 g/mol. The van der Waals surface area contributed by atoms with Gasteiger partial charge in [-0.2, -0.15) is 0 Å². The zero-order chi connectivity index (χ0) is 18.0. The fourth-order valence-electron chi connectivity index (χ4n) is 3.23. The summed E-state index contributed by atoms with van der Waals surface area (Å²) in [5.41, 5.74) is 4.20. The zero-order valence-corrected chi connectivity index (χ0v) is 15.8. The van der Waals surface area contributed by atoms with Gasteiger partial charge in [0.2, 0.25) is 10.0 Å². The minimum absolute atomic E-state index is 0.234. The monoisotopic (exact) mass is 359 g/mol. The molecule has 5 nitrogen and oxygen atoms in total. The Morgan fingerprint density at radius 2 is 1.96 bits per heavy atom. The molecule has 1 aromatic carbocycles. The maximum Gasteiger partial charge on any atom is 0.235 e. The Kier molecular flexibility index (Phi) is 5.11. The molecule has 1 aliphatic heterocycles. The number of nitrogens with zero attached hydrogens (tertiary/aromatic N) is 3. The maximum atomic E-state index is 12.0. The van der Waals surface area contributed by atoms with E-state index in [1.807, 2.05) is 43.5 Å². The van der Waals surface area contributed by atoms with Crippen LogP contribution in [0.1, 0.15) is 36.2 Å². The summed E-state index contributed by atoms with van der Waals surface area (Å²) in [6.07, 6.45) is 2.54. The molecule has 0 spiro atoms. The molecule has 1 aliphatic rings. The SMILES string of the molecule is Cc1cc(CN(C)C(C)c2ccc(N3CCCS3(=O)=O)cc2)ccn1. The molecule has 2 aromatic rings. The third-order valence-corrected chi connectivity index (χ3v) is 6.69. The van der Waals surface area contributed by atoms with Gasteiger partial charge in [0.15, 0.2) is 0 Å². The van der Waals surface area contributed by atoms with Gasteiger partial charge in [-0.25, -0.2) is 8.42 Å². The molecule has 0 amide bonds. The van der Waals surface area contributed by atoms with Crippen molar-refractivity contribution in [1.82, 2.24) is 9.88 Å². The van der Waals surface area contributed by atoms with Crippen LogP contribution in [0.25, 0.3) is 0 Å². The first-order valence-electron chi connectivity index (χ1n) is 8.59. The number of anilines is 1. The van der Waals surface area contributed by atoms with Gasteiger partial charge in [0.1, 0.15) is 0 Å². The van der Waals surface area contributed by atoms with Crippen molar-refractivity contribution in [3.63, 3.8) is 0 Å². The summed E-state index contributed by atoms with van der Waals surface area (Å²) in [6.45, 7) is 5.58. The van der Waals surface area contributed by atoms with Crippen LogP contribution in [0, 0.1) is 6.92 Å². The predicted octanol–water partition coefficient (Wildman–Crippen LogP) is 3.12. The highest BCUT2D eigenvalue weighted by Crippen LogP contribution is 2.27. The smallest absolute Gasteiger partial charge is 0.235 e. The normalized spacial score (nSPS) is 17.8. The Bertz CT molecular complexity index is 834. The number of benzene rings is 1. The van der Waals surface area contributed by atoms with E-state index >= 15 is 0 Å². The lowest BCUT2D eigenvalue weighted by Crippen LogP contribution is -2.25. The van der Waals surface area contributed by atoms with Crippen LogP contribution in [0.4, 0.5) is 5.69 Å². The molecule has 134 valence electrons. The Labute approximate surface area is 150 Å². The fourth-order valence-corrected chi connectivity index (χ4v) is 4.80. The summed E-state index contributed by atoms with van der Waals surface area (Å²) in [5, 5.41) is 0. The molecule has 0 aliphatic carbocycles. The molecule has 0 N–H and O–H groups in total. The van der Waals surface area contributed by atoms with Gasteiger partial charge in [0.05, 0.1) is 11.4 Å². The molecule has 1 aromatic heterocycles. The summed E-state index contributed by atoms with van der Waals surface area (Å²) in [7, 11) is -1.02. The minimum atomic E-state index is -3.12. The molecule has 1 unspecified atom stereocenters. The van der Waals surface area contributed by atoms with Crippen molar-refractivity contribution in [1.29, 1.82) is 0 Å². The van der Waals surface area contributed by atoms with Gasteiger partial charge in [0, 0.05) is 31.0 Å². The molecule has 0 radical (unpaired) electrons. The lowest BCUT2D eigenvalue weighted by Gasteiger charge is -2.26. The van der Waals surface area contributed by atoms with E-state index < -0.39 is 10.0 Å². The number of aryl methyl sites for hydroxylation is 1. The summed E-state index contributed by atoms with van der Waals surface area (Å²) >= 11 is 0. The van der Waals surface area contributed by atoms with Gasteiger partial charge < -0.3 is 0 Å². The first-order chi connectivity index (χ1) is 11.9. The molecule has 1 atom stereocenters. The highest BCUT2D eigenvalue weighted by molar-refractivity contribution is 7.93. The van der Waals surface area contributed by atoms with Crippen molar-refractivity contribution >= 4 is 15.7 Å². The van der Waals surface area contributed by atoms with Crippen molar-refractivity contribution in [2.75, 3.05) is 23.7 Å². The summed E-state index contributed by atoms with van der Waals surface area (Å²) in [4.78, 5) is 6.51. The lowest BCUT2D eigenvalue weighted by atomic mass is 10.1. The molecule has 25 heavy (non-hydrogen) atoms. The number of hydrogen-bond acceptors (Lipinski definition) is 4. The number of rotatable bonds is 5. The van der Waals surface area contributed by atoms with Crippen LogP contribution in [0.3, 0.4) is 0 Å². The summed E-state index contributed by atoms with van der Waals surface area (Å²) < 4.78 is 25.6. The Morgan fingerprint density at radius 3 is 2.56 bits per heavy atom. The standard InChI is InChI=1S/C19H25N3O2S/c1-15-13-17(9-10-20-15)14-21(3)16(2)18-5-7-19(8-6-18)22-11-4-12-25(22,23)24/h5-10,13,16H,4,11-12,14H2,1-3H3. The van der Waals surface area contributed by atoms with E-state index in [-0.39, 0.29) is 11.8 Å². The summed E-state index contributed by atoms with van der Waals surface area (Å²) in [6, 6.07) is 12.3. The largest absolute Gasteiger partial charge is 0.295 e.